The molecule has 1 saturated heterocycles. The zero-order valence-corrected chi connectivity index (χ0v) is 9.17. The molecule has 4 heteroatoms. The molecule has 1 aromatic heterocycles. The SMILES string of the molecule is O=Cc1ccc(N2CCC(CO)CC2)cn1. The summed E-state index contributed by atoms with van der Waals surface area (Å²) >= 11 is 0. The van der Waals surface area contributed by atoms with Crippen molar-refractivity contribution in [1.82, 2.24) is 4.98 Å². The number of aldehydes is 1. The number of nitrogens with zero attached hydrogens (tertiary/aromatic N) is 2. The van der Waals surface area contributed by atoms with Crippen LogP contribution in [-0.2, 0) is 0 Å². The Labute approximate surface area is 94.9 Å². The fourth-order valence-corrected chi connectivity index (χ4v) is 2.03. The minimum absolute atomic E-state index is 0.288. The van der Waals surface area contributed by atoms with Gasteiger partial charge in [-0.2, -0.15) is 0 Å². The van der Waals surface area contributed by atoms with Crippen LogP contribution in [0.15, 0.2) is 18.3 Å². The number of carbonyl (C=O) groups excluding carboxylic acids is 1. The van der Waals surface area contributed by atoms with Crippen molar-refractivity contribution in [2.75, 3.05) is 24.6 Å². The van der Waals surface area contributed by atoms with Gasteiger partial charge in [-0.25, -0.2) is 0 Å². The van der Waals surface area contributed by atoms with E-state index in [0.717, 1.165) is 37.9 Å². The number of hydrogen-bond donors (Lipinski definition) is 1. The quantitative estimate of drug-likeness (QED) is 0.775. The fraction of sp³-hybridized carbons (Fsp3) is 0.500. The first-order valence-electron chi connectivity index (χ1n) is 5.60. The first-order valence-corrected chi connectivity index (χ1v) is 5.60. The third-order valence-corrected chi connectivity index (χ3v) is 3.13. The molecule has 0 atom stereocenters. The van der Waals surface area contributed by atoms with E-state index >= 15 is 0 Å². The van der Waals surface area contributed by atoms with Crippen LogP contribution >= 0.6 is 0 Å². The summed E-state index contributed by atoms with van der Waals surface area (Å²) < 4.78 is 0. The van der Waals surface area contributed by atoms with Gasteiger partial charge in [-0.3, -0.25) is 9.78 Å². The molecule has 2 heterocycles. The lowest BCUT2D eigenvalue weighted by molar-refractivity contribution is 0.111. The first-order chi connectivity index (χ1) is 7.83. The molecule has 86 valence electrons. The van der Waals surface area contributed by atoms with Gasteiger partial charge in [0.25, 0.3) is 0 Å². The lowest BCUT2D eigenvalue weighted by Gasteiger charge is -2.32. The number of hydrogen-bond acceptors (Lipinski definition) is 4. The molecule has 1 fully saturated rings. The largest absolute Gasteiger partial charge is 0.396 e. The summed E-state index contributed by atoms with van der Waals surface area (Å²) in [6.07, 6.45) is 4.53. The monoisotopic (exact) mass is 220 g/mol. The minimum Gasteiger partial charge on any atom is -0.396 e. The second-order valence-corrected chi connectivity index (χ2v) is 4.17. The fourth-order valence-electron chi connectivity index (χ4n) is 2.03. The summed E-state index contributed by atoms with van der Waals surface area (Å²) in [5.74, 6) is 0.443. The third-order valence-electron chi connectivity index (χ3n) is 3.13. The van der Waals surface area contributed by atoms with Gasteiger partial charge >= 0.3 is 0 Å². The number of aliphatic hydroxyl groups excluding tert-OH is 1. The molecule has 16 heavy (non-hydrogen) atoms. The Bertz CT molecular complexity index is 343. The molecule has 4 nitrogen and oxygen atoms in total. The molecular weight excluding hydrogens is 204 g/mol. The lowest BCUT2D eigenvalue weighted by atomic mass is 9.98. The van der Waals surface area contributed by atoms with Gasteiger partial charge in [0.15, 0.2) is 6.29 Å². The number of carbonyl (C=O) groups is 1. The topological polar surface area (TPSA) is 53.4 Å². The van der Waals surface area contributed by atoms with Crippen LogP contribution in [0.5, 0.6) is 0 Å². The number of piperidine rings is 1. The first kappa shape index (κ1) is 11.1. The van der Waals surface area contributed by atoms with Crippen LogP contribution in [0.1, 0.15) is 23.3 Å². The van der Waals surface area contributed by atoms with E-state index in [0.29, 0.717) is 11.6 Å². The van der Waals surface area contributed by atoms with Crippen molar-refractivity contribution in [3.05, 3.63) is 24.0 Å². The van der Waals surface area contributed by atoms with Crippen molar-refractivity contribution in [3.63, 3.8) is 0 Å². The zero-order valence-electron chi connectivity index (χ0n) is 9.17. The number of aliphatic hydroxyl groups is 1. The summed E-state index contributed by atoms with van der Waals surface area (Å²) in [6, 6.07) is 3.66. The molecular formula is C12H16N2O2. The lowest BCUT2D eigenvalue weighted by Crippen LogP contribution is -2.34. The Hall–Kier alpha value is -1.42. The Morgan fingerprint density at radius 3 is 2.69 bits per heavy atom. The number of aromatic nitrogens is 1. The average Bonchev–Trinajstić information content (AvgIpc) is 2.39. The maximum atomic E-state index is 10.5. The molecule has 0 amide bonds. The van der Waals surface area contributed by atoms with Crippen LogP contribution in [0.3, 0.4) is 0 Å². The predicted molar refractivity (Wildman–Crippen MR) is 61.6 cm³/mol. The van der Waals surface area contributed by atoms with E-state index in [1.54, 1.807) is 12.3 Å². The van der Waals surface area contributed by atoms with Gasteiger partial charge in [0, 0.05) is 19.7 Å². The van der Waals surface area contributed by atoms with E-state index in [2.05, 4.69) is 9.88 Å². The molecule has 0 aromatic carbocycles. The number of pyridine rings is 1. The molecule has 0 spiro atoms. The molecule has 1 aliphatic heterocycles. The van der Waals surface area contributed by atoms with Crippen LogP contribution in [0.4, 0.5) is 5.69 Å². The maximum absolute atomic E-state index is 10.5. The molecule has 1 aliphatic rings. The van der Waals surface area contributed by atoms with E-state index < -0.39 is 0 Å². The van der Waals surface area contributed by atoms with Crippen LogP contribution in [0.25, 0.3) is 0 Å². The summed E-state index contributed by atoms with van der Waals surface area (Å²) in [7, 11) is 0. The van der Waals surface area contributed by atoms with Crippen LogP contribution in [-0.4, -0.2) is 36.1 Å². The van der Waals surface area contributed by atoms with Gasteiger partial charge < -0.3 is 10.0 Å². The highest BCUT2D eigenvalue weighted by atomic mass is 16.3. The molecule has 1 aromatic rings. The van der Waals surface area contributed by atoms with E-state index in [9.17, 15) is 4.79 Å². The van der Waals surface area contributed by atoms with Gasteiger partial charge in [-0.05, 0) is 30.9 Å². The van der Waals surface area contributed by atoms with Gasteiger partial charge in [0.2, 0.25) is 0 Å². The standard InChI is InChI=1S/C12H16N2O2/c15-8-10-3-5-14(6-4-10)12-2-1-11(9-16)13-7-12/h1-2,7,9-10,15H,3-6,8H2. The van der Waals surface area contributed by atoms with Crippen LogP contribution in [0, 0.1) is 5.92 Å². The summed E-state index contributed by atoms with van der Waals surface area (Å²) in [5, 5.41) is 9.05. The smallest absolute Gasteiger partial charge is 0.168 e. The Balaban J connectivity index is 1.99. The van der Waals surface area contributed by atoms with E-state index in [1.165, 1.54) is 0 Å². The van der Waals surface area contributed by atoms with E-state index in [4.69, 9.17) is 5.11 Å². The van der Waals surface area contributed by atoms with Crippen molar-refractivity contribution in [1.29, 1.82) is 0 Å². The molecule has 0 saturated carbocycles. The summed E-state index contributed by atoms with van der Waals surface area (Å²) in [5.41, 5.74) is 1.52. The van der Waals surface area contributed by atoms with Crippen molar-refractivity contribution < 1.29 is 9.90 Å². The van der Waals surface area contributed by atoms with Crippen molar-refractivity contribution in [2.45, 2.75) is 12.8 Å². The minimum atomic E-state index is 0.288. The molecule has 0 aliphatic carbocycles. The molecule has 1 N–H and O–H groups in total. The highest BCUT2D eigenvalue weighted by molar-refractivity contribution is 5.72. The zero-order chi connectivity index (χ0) is 11.4. The normalized spacial score (nSPS) is 17.4. The van der Waals surface area contributed by atoms with Crippen LogP contribution < -0.4 is 4.90 Å². The van der Waals surface area contributed by atoms with Crippen molar-refractivity contribution in [2.24, 2.45) is 5.92 Å². The third kappa shape index (κ3) is 2.39. The van der Waals surface area contributed by atoms with Crippen molar-refractivity contribution >= 4 is 12.0 Å². The van der Waals surface area contributed by atoms with Gasteiger partial charge in [-0.15, -0.1) is 0 Å². The van der Waals surface area contributed by atoms with E-state index in [1.807, 2.05) is 6.07 Å². The highest BCUT2D eigenvalue weighted by Gasteiger charge is 2.18. The Morgan fingerprint density at radius 2 is 2.19 bits per heavy atom. The van der Waals surface area contributed by atoms with Crippen LogP contribution in [0.2, 0.25) is 0 Å². The second kappa shape index (κ2) is 5.07. The average molecular weight is 220 g/mol. The Kier molecular flexibility index (Phi) is 3.51. The number of rotatable bonds is 3. The predicted octanol–water partition coefficient (Wildman–Crippen LogP) is 1.10. The molecule has 0 radical (unpaired) electrons. The highest BCUT2D eigenvalue weighted by Crippen LogP contribution is 2.22. The summed E-state index contributed by atoms with van der Waals surface area (Å²) in [6.45, 7) is 2.19. The summed E-state index contributed by atoms with van der Waals surface area (Å²) in [4.78, 5) is 16.8. The Morgan fingerprint density at radius 1 is 1.44 bits per heavy atom. The van der Waals surface area contributed by atoms with Crippen molar-refractivity contribution in [3.8, 4) is 0 Å². The number of anilines is 1. The van der Waals surface area contributed by atoms with Gasteiger partial charge in [-0.1, -0.05) is 0 Å². The van der Waals surface area contributed by atoms with E-state index in [-0.39, 0.29) is 6.61 Å². The maximum Gasteiger partial charge on any atom is 0.168 e. The van der Waals surface area contributed by atoms with Gasteiger partial charge in [0.1, 0.15) is 5.69 Å². The molecule has 2 rings (SSSR count). The molecule has 0 unspecified atom stereocenters. The molecule has 0 bridgehead atoms. The van der Waals surface area contributed by atoms with Gasteiger partial charge in [0.05, 0.1) is 11.9 Å². The second-order valence-electron chi connectivity index (χ2n) is 4.17.